The van der Waals surface area contributed by atoms with Crippen LogP contribution >= 0.6 is 46.0 Å². The van der Waals surface area contributed by atoms with Crippen LogP contribution in [-0.2, 0) is 4.79 Å². The van der Waals surface area contributed by atoms with Gasteiger partial charge in [-0.05, 0) is 54.0 Å². The van der Waals surface area contributed by atoms with Gasteiger partial charge in [0, 0.05) is 3.57 Å². The number of anilines is 1. The zero-order valence-electron chi connectivity index (χ0n) is 8.38. The highest BCUT2D eigenvalue weighted by Crippen LogP contribution is 2.24. The Bertz CT molecular complexity index is 372. The Morgan fingerprint density at radius 1 is 1.60 bits per heavy atom. The first kappa shape index (κ1) is 13.1. The number of carbonyl (C=O) groups is 1. The number of rotatable bonds is 3. The van der Waals surface area contributed by atoms with Gasteiger partial charge in [0.15, 0.2) is 0 Å². The Kier molecular flexibility index (Phi) is 5.22. The summed E-state index contributed by atoms with van der Waals surface area (Å²) in [7, 11) is 0. The van der Waals surface area contributed by atoms with E-state index in [2.05, 4.69) is 27.9 Å². The lowest BCUT2D eigenvalue weighted by Gasteiger charge is -2.10. The Balaban J connectivity index is 2.77. The van der Waals surface area contributed by atoms with E-state index in [1.54, 1.807) is 0 Å². The highest BCUT2D eigenvalue weighted by molar-refractivity contribution is 14.1. The van der Waals surface area contributed by atoms with Crippen molar-refractivity contribution in [2.24, 2.45) is 0 Å². The molecule has 1 aromatic rings. The van der Waals surface area contributed by atoms with Gasteiger partial charge in [-0.3, -0.25) is 4.79 Å². The van der Waals surface area contributed by atoms with Crippen molar-refractivity contribution in [3.8, 4) is 0 Å². The standard InChI is InChI=1S/C10H11ClINOS/c1-6(15-2)10(14)13-9-4-3-7(12)5-8(9)11/h3-6H,1-2H3,(H,13,14). The first-order valence-electron chi connectivity index (χ1n) is 4.33. The molecular weight excluding hydrogens is 345 g/mol. The summed E-state index contributed by atoms with van der Waals surface area (Å²) in [6.45, 7) is 1.86. The van der Waals surface area contributed by atoms with Gasteiger partial charge in [-0.25, -0.2) is 0 Å². The van der Waals surface area contributed by atoms with Crippen molar-refractivity contribution >= 4 is 57.5 Å². The van der Waals surface area contributed by atoms with Gasteiger partial charge in [0.2, 0.25) is 5.91 Å². The summed E-state index contributed by atoms with van der Waals surface area (Å²) in [4.78, 5) is 11.6. The van der Waals surface area contributed by atoms with Gasteiger partial charge in [0.05, 0.1) is 16.0 Å². The molecule has 2 nitrogen and oxygen atoms in total. The molecule has 0 saturated carbocycles. The van der Waals surface area contributed by atoms with E-state index >= 15 is 0 Å². The smallest absolute Gasteiger partial charge is 0.237 e. The molecule has 1 atom stereocenters. The van der Waals surface area contributed by atoms with Crippen LogP contribution in [0.1, 0.15) is 6.92 Å². The molecule has 82 valence electrons. The molecular formula is C10H11ClINOS. The molecule has 0 saturated heterocycles. The minimum Gasteiger partial charge on any atom is -0.324 e. The average molecular weight is 356 g/mol. The van der Waals surface area contributed by atoms with Gasteiger partial charge in [0.1, 0.15) is 0 Å². The maximum Gasteiger partial charge on any atom is 0.237 e. The zero-order chi connectivity index (χ0) is 11.4. The fourth-order valence-electron chi connectivity index (χ4n) is 0.932. The SMILES string of the molecule is CSC(C)C(=O)Nc1ccc(I)cc1Cl. The van der Waals surface area contributed by atoms with E-state index in [1.165, 1.54) is 11.8 Å². The predicted molar refractivity (Wildman–Crippen MR) is 75.8 cm³/mol. The van der Waals surface area contributed by atoms with Crippen LogP contribution in [0.5, 0.6) is 0 Å². The fourth-order valence-corrected chi connectivity index (χ4v) is 2.11. The lowest BCUT2D eigenvalue weighted by atomic mass is 10.3. The third-order valence-electron chi connectivity index (χ3n) is 1.91. The van der Waals surface area contributed by atoms with Gasteiger partial charge >= 0.3 is 0 Å². The molecule has 0 spiro atoms. The maximum atomic E-state index is 11.6. The van der Waals surface area contributed by atoms with Crippen LogP contribution in [-0.4, -0.2) is 17.4 Å². The zero-order valence-corrected chi connectivity index (χ0v) is 12.1. The lowest BCUT2D eigenvalue weighted by molar-refractivity contribution is -0.115. The van der Waals surface area contributed by atoms with Gasteiger partial charge in [0.25, 0.3) is 0 Å². The fraction of sp³-hybridized carbons (Fsp3) is 0.300. The van der Waals surface area contributed by atoms with Crippen molar-refractivity contribution in [2.45, 2.75) is 12.2 Å². The van der Waals surface area contributed by atoms with E-state index in [0.717, 1.165) is 3.57 Å². The molecule has 0 radical (unpaired) electrons. The minimum absolute atomic E-state index is 0.0226. The molecule has 0 aliphatic carbocycles. The van der Waals surface area contributed by atoms with Gasteiger partial charge in [-0.1, -0.05) is 11.6 Å². The predicted octanol–water partition coefficient (Wildman–Crippen LogP) is 3.63. The Hall–Kier alpha value is 0.0600. The number of hydrogen-bond acceptors (Lipinski definition) is 2. The van der Waals surface area contributed by atoms with Crippen LogP contribution < -0.4 is 5.32 Å². The molecule has 1 unspecified atom stereocenters. The first-order chi connectivity index (χ1) is 7.04. The number of amides is 1. The monoisotopic (exact) mass is 355 g/mol. The lowest BCUT2D eigenvalue weighted by Crippen LogP contribution is -2.22. The normalized spacial score (nSPS) is 12.3. The molecule has 0 fully saturated rings. The number of hydrogen-bond donors (Lipinski definition) is 1. The highest BCUT2D eigenvalue weighted by Gasteiger charge is 2.12. The average Bonchev–Trinajstić information content (AvgIpc) is 2.20. The molecule has 0 bridgehead atoms. The Morgan fingerprint density at radius 3 is 2.80 bits per heavy atom. The van der Waals surface area contributed by atoms with Gasteiger partial charge in [-0.2, -0.15) is 11.8 Å². The minimum atomic E-state index is -0.0691. The van der Waals surface area contributed by atoms with E-state index in [4.69, 9.17) is 11.6 Å². The maximum absolute atomic E-state index is 11.6. The van der Waals surface area contributed by atoms with Crippen molar-refractivity contribution in [3.05, 3.63) is 26.8 Å². The quantitative estimate of drug-likeness (QED) is 0.839. The summed E-state index contributed by atoms with van der Waals surface area (Å²) in [6.07, 6.45) is 1.90. The van der Waals surface area contributed by atoms with Crippen molar-refractivity contribution < 1.29 is 4.79 Å². The van der Waals surface area contributed by atoms with Crippen molar-refractivity contribution in [1.29, 1.82) is 0 Å². The largest absolute Gasteiger partial charge is 0.324 e. The molecule has 0 aromatic heterocycles. The second-order valence-corrected chi connectivity index (χ2v) is 5.82. The van der Waals surface area contributed by atoms with Crippen molar-refractivity contribution in [2.75, 3.05) is 11.6 Å². The second kappa shape index (κ2) is 5.96. The highest BCUT2D eigenvalue weighted by atomic mass is 127. The third kappa shape index (κ3) is 3.85. The van der Waals surface area contributed by atoms with E-state index in [0.29, 0.717) is 10.7 Å². The molecule has 1 rings (SSSR count). The summed E-state index contributed by atoms with van der Waals surface area (Å²) < 4.78 is 1.05. The van der Waals surface area contributed by atoms with Crippen LogP contribution in [0, 0.1) is 3.57 Å². The summed E-state index contributed by atoms with van der Waals surface area (Å²) in [5, 5.41) is 3.30. The number of nitrogens with one attached hydrogen (secondary N) is 1. The first-order valence-corrected chi connectivity index (χ1v) is 7.07. The second-order valence-electron chi connectivity index (χ2n) is 2.99. The van der Waals surface area contributed by atoms with E-state index in [-0.39, 0.29) is 11.2 Å². The molecule has 1 N–H and O–H groups in total. The summed E-state index contributed by atoms with van der Waals surface area (Å²) in [5.74, 6) is -0.0226. The number of benzene rings is 1. The van der Waals surface area contributed by atoms with Crippen LogP contribution in [0.25, 0.3) is 0 Å². The van der Waals surface area contributed by atoms with Crippen LogP contribution in [0.15, 0.2) is 18.2 Å². The number of halogens is 2. The van der Waals surface area contributed by atoms with Gasteiger partial charge in [-0.15, -0.1) is 0 Å². The van der Waals surface area contributed by atoms with Crippen LogP contribution in [0.3, 0.4) is 0 Å². The summed E-state index contributed by atoms with van der Waals surface area (Å²) in [6, 6.07) is 5.54. The molecule has 0 aliphatic rings. The molecule has 5 heteroatoms. The van der Waals surface area contributed by atoms with E-state index < -0.39 is 0 Å². The van der Waals surface area contributed by atoms with Crippen LogP contribution in [0.4, 0.5) is 5.69 Å². The topological polar surface area (TPSA) is 29.1 Å². The molecule has 1 aromatic carbocycles. The molecule has 0 aliphatic heterocycles. The van der Waals surface area contributed by atoms with E-state index in [1.807, 2.05) is 31.4 Å². The van der Waals surface area contributed by atoms with E-state index in [9.17, 15) is 4.79 Å². The molecule has 0 heterocycles. The van der Waals surface area contributed by atoms with Crippen molar-refractivity contribution in [3.63, 3.8) is 0 Å². The Labute approximate surface area is 112 Å². The number of carbonyl (C=O) groups excluding carboxylic acids is 1. The molecule has 15 heavy (non-hydrogen) atoms. The Morgan fingerprint density at radius 2 is 2.27 bits per heavy atom. The van der Waals surface area contributed by atoms with Gasteiger partial charge < -0.3 is 5.32 Å². The summed E-state index contributed by atoms with van der Waals surface area (Å²) >= 11 is 9.67. The van der Waals surface area contributed by atoms with Crippen molar-refractivity contribution in [1.82, 2.24) is 0 Å². The third-order valence-corrected chi connectivity index (χ3v) is 3.82. The number of thioether (sulfide) groups is 1. The van der Waals surface area contributed by atoms with Crippen LogP contribution in [0.2, 0.25) is 5.02 Å². The molecule has 1 amide bonds. The summed E-state index contributed by atoms with van der Waals surface area (Å²) in [5.41, 5.74) is 0.669.